The van der Waals surface area contributed by atoms with Crippen LogP contribution in [0.1, 0.15) is 117 Å². The fourth-order valence-electron chi connectivity index (χ4n) is 8.77. The van der Waals surface area contributed by atoms with Crippen LogP contribution >= 0.6 is 0 Å². The van der Waals surface area contributed by atoms with Gasteiger partial charge in [0.2, 0.25) is 0 Å². The summed E-state index contributed by atoms with van der Waals surface area (Å²) >= 11 is 0. The lowest BCUT2D eigenvalue weighted by Gasteiger charge is -2.48. The predicted molar refractivity (Wildman–Crippen MR) is 172 cm³/mol. The number of nitrogens with zero attached hydrogens (tertiary/aromatic N) is 1. The number of aryl methyl sites for hydroxylation is 1. The molecule has 2 atom stereocenters. The Hall–Kier alpha value is -3.40. The largest absolute Gasteiger partial charge is 0.448 e. The predicted octanol–water partition coefficient (Wildman–Crippen LogP) is 9.11. The first kappa shape index (κ1) is 28.4. The molecule has 2 saturated heterocycles. The van der Waals surface area contributed by atoms with E-state index in [2.05, 4.69) is 95.3 Å². The zero-order valence-electron chi connectivity index (χ0n) is 26.4. The normalized spacial score (nSPS) is 25.0. The van der Waals surface area contributed by atoms with Gasteiger partial charge in [-0.15, -0.1) is 0 Å². The molecule has 1 amide bonds. The number of carbonyl (C=O) groups excluding carboxylic acids is 2. The second-order valence-electron chi connectivity index (χ2n) is 15.0. The minimum atomic E-state index is -0.212. The summed E-state index contributed by atoms with van der Waals surface area (Å²) in [6, 6.07) is 21.6. The summed E-state index contributed by atoms with van der Waals surface area (Å²) in [6.45, 7) is 11.8. The van der Waals surface area contributed by atoms with Crippen molar-refractivity contribution in [1.82, 2.24) is 4.90 Å². The van der Waals surface area contributed by atoms with Crippen molar-refractivity contribution in [3.8, 4) is 11.1 Å². The highest BCUT2D eigenvalue weighted by molar-refractivity contribution is 6.00. The number of hydrogen-bond donors (Lipinski definition) is 0. The van der Waals surface area contributed by atoms with Crippen LogP contribution < -0.4 is 0 Å². The van der Waals surface area contributed by atoms with E-state index in [-0.39, 0.29) is 46.6 Å². The van der Waals surface area contributed by atoms with Crippen LogP contribution in [0.25, 0.3) is 11.1 Å². The van der Waals surface area contributed by atoms with Gasteiger partial charge in [-0.1, -0.05) is 82.3 Å². The second-order valence-corrected chi connectivity index (χ2v) is 15.0. The SMILES string of the molecule is Cc1cc2c(cc1C(=O)C1CC3CCCC(C1)N3C(=O)OCC1c3ccccc3-c3ccccc31)C(C)(C)CCC2(C)C. The van der Waals surface area contributed by atoms with Gasteiger partial charge in [-0.25, -0.2) is 4.79 Å². The van der Waals surface area contributed by atoms with Gasteiger partial charge in [-0.3, -0.25) is 4.79 Å². The van der Waals surface area contributed by atoms with Crippen molar-refractivity contribution >= 4 is 11.9 Å². The van der Waals surface area contributed by atoms with Crippen molar-refractivity contribution in [2.24, 2.45) is 5.92 Å². The number of Topliss-reactive ketones (excluding diaryl/α,β-unsaturated/α-hetero) is 1. The third kappa shape index (κ3) is 4.73. The van der Waals surface area contributed by atoms with E-state index in [9.17, 15) is 9.59 Å². The summed E-state index contributed by atoms with van der Waals surface area (Å²) in [6.07, 6.45) is 6.52. The first-order valence-electron chi connectivity index (χ1n) is 16.4. The van der Waals surface area contributed by atoms with Gasteiger partial charge in [-0.2, -0.15) is 0 Å². The van der Waals surface area contributed by atoms with Crippen molar-refractivity contribution in [3.05, 3.63) is 94.0 Å². The Bertz CT molecular complexity index is 1540. The molecule has 2 heterocycles. The average molecular weight is 576 g/mol. The van der Waals surface area contributed by atoms with E-state index in [4.69, 9.17) is 4.74 Å². The molecule has 3 aromatic rings. The third-order valence-corrected chi connectivity index (χ3v) is 11.4. The standard InChI is InChI=1S/C39H45NO3/c1-24-19-34-35(39(4,5)18-17-38(34,2)3)22-32(24)36(41)25-20-26-11-10-12-27(21-25)40(26)37(42)43-23-33-30-15-8-6-13-28(30)29-14-7-9-16-31(29)33/h6-9,13-16,19,22,25-27,33H,10-12,17-18,20-21,23H2,1-5H3. The van der Waals surface area contributed by atoms with Gasteiger partial charge in [0.25, 0.3) is 0 Å². The Morgan fingerprint density at radius 1 is 0.814 bits per heavy atom. The smallest absolute Gasteiger partial charge is 0.410 e. The van der Waals surface area contributed by atoms with Crippen LogP contribution in [0.4, 0.5) is 4.79 Å². The Morgan fingerprint density at radius 2 is 1.35 bits per heavy atom. The number of ketones is 1. The number of carbonyl (C=O) groups is 2. The number of fused-ring (bicyclic) bond motifs is 6. The molecule has 3 aromatic carbocycles. The lowest BCUT2D eigenvalue weighted by atomic mass is 9.62. The molecule has 2 fully saturated rings. The molecule has 2 unspecified atom stereocenters. The molecule has 0 N–H and O–H groups in total. The van der Waals surface area contributed by atoms with E-state index in [0.717, 1.165) is 56.1 Å². The number of rotatable bonds is 4. The summed E-state index contributed by atoms with van der Waals surface area (Å²) < 4.78 is 6.12. The van der Waals surface area contributed by atoms with Gasteiger partial charge in [0.05, 0.1) is 0 Å². The maximum atomic E-state index is 14.2. The third-order valence-electron chi connectivity index (χ3n) is 11.4. The number of piperidine rings is 2. The Balaban J connectivity index is 1.09. The van der Waals surface area contributed by atoms with Gasteiger partial charge >= 0.3 is 6.09 Å². The molecule has 4 aliphatic rings. The highest BCUT2D eigenvalue weighted by Gasteiger charge is 2.45. The molecule has 2 aliphatic heterocycles. The van der Waals surface area contributed by atoms with Crippen molar-refractivity contribution in [3.63, 3.8) is 0 Å². The molecule has 0 aromatic heterocycles. The van der Waals surface area contributed by atoms with Gasteiger partial charge in [-0.05, 0) is 108 Å². The van der Waals surface area contributed by atoms with E-state index >= 15 is 0 Å². The number of benzene rings is 3. The topological polar surface area (TPSA) is 46.6 Å². The van der Waals surface area contributed by atoms with Crippen LogP contribution in [0.15, 0.2) is 60.7 Å². The molecule has 0 radical (unpaired) electrons. The zero-order chi connectivity index (χ0) is 30.1. The fraction of sp³-hybridized carbons (Fsp3) is 0.487. The van der Waals surface area contributed by atoms with E-state index in [0.29, 0.717) is 6.61 Å². The van der Waals surface area contributed by atoms with Gasteiger partial charge in [0, 0.05) is 29.5 Å². The summed E-state index contributed by atoms with van der Waals surface area (Å²) in [5.41, 5.74) is 9.86. The highest BCUT2D eigenvalue weighted by atomic mass is 16.6. The van der Waals surface area contributed by atoms with Crippen LogP contribution in [0.3, 0.4) is 0 Å². The molecular weight excluding hydrogens is 530 g/mol. The van der Waals surface area contributed by atoms with Crippen molar-refractivity contribution < 1.29 is 14.3 Å². The van der Waals surface area contributed by atoms with E-state index in [1.54, 1.807) is 0 Å². The number of hydrogen-bond acceptors (Lipinski definition) is 3. The summed E-state index contributed by atoms with van der Waals surface area (Å²) in [5, 5.41) is 0. The highest BCUT2D eigenvalue weighted by Crippen LogP contribution is 2.48. The van der Waals surface area contributed by atoms with Crippen molar-refractivity contribution in [2.75, 3.05) is 6.61 Å². The van der Waals surface area contributed by atoms with Crippen LogP contribution in [0, 0.1) is 12.8 Å². The maximum Gasteiger partial charge on any atom is 0.410 e. The van der Waals surface area contributed by atoms with Gasteiger partial charge < -0.3 is 9.64 Å². The van der Waals surface area contributed by atoms with E-state index in [1.807, 2.05) is 4.90 Å². The second kappa shape index (κ2) is 10.4. The molecule has 2 bridgehead atoms. The van der Waals surface area contributed by atoms with Crippen LogP contribution in [0.5, 0.6) is 0 Å². The molecule has 43 heavy (non-hydrogen) atoms. The Kier molecular flexibility index (Phi) is 6.83. The van der Waals surface area contributed by atoms with Crippen LogP contribution in [-0.4, -0.2) is 35.5 Å². The van der Waals surface area contributed by atoms with Gasteiger partial charge in [0.1, 0.15) is 6.61 Å². The molecule has 4 nitrogen and oxygen atoms in total. The monoisotopic (exact) mass is 575 g/mol. The lowest BCUT2D eigenvalue weighted by Crippen LogP contribution is -2.56. The minimum absolute atomic E-state index is 0.0515. The number of ether oxygens (including phenoxy) is 1. The number of amides is 1. The molecule has 0 saturated carbocycles. The molecule has 2 aliphatic carbocycles. The lowest BCUT2D eigenvalue weighted by molar-refractivity contribution is 0.00648. The maximum absolute atomic E-state index is 14.2. The van der Waals surface area contributed by atoms with E-state index in [1.165, 1.54) is 33.4 Å². The zero-order valence-corrected chi connectivity index (χ0v) is 26.4. The molecular formula is C39H45NO3. The van der Waals surface area contributed by atoms with Crippen molar-refractivity contribution in [1.29, 1.82) is 0 Å². The van der Waals surface area contributed by atoms with Crippen LogP contribution in [-0.2, 0) is 15.6 Å². The molecule has 224 valence electrons. The Labute approximate surface area is 256 Å². The van der Waals surface area contributed by atoms with E-state index < -0.39 is 0 Å². The quantitative estimate of drug-likeness (QED) is 0.292. The fourth-order valence-corrected chi connectivity index (χ4v) is 8.77. The first-order valence-corrected chi connectivity index (χ1v) is 16.4. The summed E-state index contributed by atoms with van der Waals surface area (Å²) in [5.74, 6) is 0.268. The molecule has 4 heteroatoms. The Morgan fingerprint density at radius 3 is 1.93 bits per heavy atom. The minimum Gasteiger partial charge on any atom is -0.448 e. The molecule has 7 rings (SSSR count). The van der Waals surface area contributed by atoms with Gasteiger partial charge in [0.15, 0.2) is 5.78 Å². The summed E-state index contributed by atoms with van der Waals surface area (Å²) in [7, 11) is 0. The average Bonchev–Trinajstić information content (AvgIpc) is 3.30. The van der Waals surface area contributed by atoms with Crippen molar-refractivity contribution in [2.45, 2.75) is 108 Å². The van der Waals surface area contributed by atoms with Crippen LogP contribution in [0.2, 0.25) is 0 Å². The summed E-state index contributed by atoms with van der Waals surface area (Å²) in [4.78, 5) is 29.9. The molecule has 0 spiro atoms. The first-order chi connectivity index (χ1) is 20.5.